The summed E-state index contributed by atoms with van der Waals surface area (Å²) in [6.07, 6.45) is 7.11. The molecule has 1 aliphatic rings. The zero-order chi connectivity index (χ0) is 20.7. The summed E-state index contributed by atoms with van der Waals surface area (Å²) in [5.74, 6) is 2.91. The lowest BCUT2D eigenvalue weighted by atomic mass is 9.85. The first-order valence-electron chi connectivity index (χ1n) is 9.75. The van der Waals surface area contributed by atoms with Gasteiger partial charge < -0.3 is 10.5 Å². The van der Waals surface area contributed by atoms with Gasteiger partial charge in [-0.2, -0.15) is 0 Å². The third-order valence-corrected chi connectivity index (χ3v) is 5.47. The van der Waals surface area contributed by atoms with Crippen LogP contribution in [0.4, 0.5) is 11.5 Å². The van der Waals surface area contributed by atoms with E-state index in [1.807, 2.05) is 30.5 Å². The molecule has 2 aromatic heterocycles. The number of hydrogen-bond acceptors (Lipinski definition) is 6. The van der Waals surface area contributed by atoms with E-state index >= 15 is 0 Å². The first-order chi connectivity index (χ1) is 14.6. The number of nitrogens with two attached hydrogens (primary N) is 1. The molecule has 0 saturated heterocycles. The predicted molar refractivity (Wildman–Crippen MR) is 113 cm³/mol. The molecule has 0 radical (unpaired) electrons. The molecule has 2 heterocycles. The molecule has 1 fully saturated rings. The Labute approximate surface area is 172 Å². The van der Waals surface area contributed by atoms with E-state index < -0.39 is 4.92 Å². The predicted octanol–water partition coefficient (Wildman–Crippen LogP) is 4.95. The van der Waals surface area contributed by atoms with E-state index in [0.29, 0.717) is 23.2 Å². The summed E-state index contributed by atoms with van der Waals surface area (Å²) in [5.41, 5.74) is 8.69. The average Bonchev–Trinajstić information content (AvgIpc) is 3.08. The molecular formula is C22H19N5O3. The second-order valence-corrected chi connectivity index (χ2v) is 7.36. The molecule has 4 aromatic rings. The van der Waals surface area contributed by atoms with Crippen molar-refractivity contribution in [1.29, 1.82) is 0 Å². The number of imidazole rings is 1. The fourth-order valence-corrected chi connectivity index (χ4v) is 3.72. The van der Waals surface area contributed by atoms with Crippen LogP contribution in [0.15, 0.2) is 60.9 Å². The zero-order valence-electron chi connectivity index (χ0n) is 16.1. The molecule has 2 aromatic carbocycles. The minimum absolute atomic E-state index is 0.0138. The molecule has 8 heteroatoms. The van der Waals surface area contributed by atoms with Crippen molar-refractivity contribution in [2.75, 3.05) is 5.73 Å². The van der Waals surface area contributed by atoms with Gasteiger partial charge in [0.25, 0.3) is 5.69 Å². The van der Waals surface area contributed by atoms with Crippen molar-refractivity contribution in [1.82, 2.24) is 14.4 Å². The number of rotatable bonds is 5. The van der Waals surface area contributed by atoms with Gasteiger partial charge in [-0.3, -0.25) is 14.5 Å². The number of anilines is 1. The highest BCUT2D eigenvalue weighted by atomic mass is 16.6. The lowest BCUT2D eigenvalue weighted by Crippen LogP contribution is -2.12. The number of nitro benzene ring substituents is 1. The number of nitrogen functional groups attached to an aromatic ring is 1. The molecule has 0 bridgehead atoms. The highest BCUT2D eigenvalue weighted by molar-refractivity contribution is 5.85. The number of nitro groups is 1. The third-order valence-electron chi connectivity index (χ3n) is 5.47. The van der Waals surface area contributed by atoms with Crippen LogP contribution in [0.3, 0.4) is 0 Å². The van der Waals surface area contributed by atoms with E-state index in [1.54, 1.807) is 18.3 Å². The van der Waals surface area contributed by atoms with Crippen LogP contribution >= 0.6 is 0 Å². The Balaban J connectivity index is 1.48. The SMILES string of the molecule is Nc1nccn2c(C3CCC3)nc(-c3ccc(Oc4cccc([N+](=O)[O-])c4)cc3)c12. The minimum Gasteiger partial charge on any atom is -0.457 e. The number of nitrogens with zero attached hydrogens (tertiary/aromatic N) is 4. The number of benzene rings is 2. The van der Waals surface area contributed by atoms with Gasteiger partial charge in [0, 0.05) is 29.9 Å². The summed E-state index contributed by atoms with van der Waals surface area (Å²) in [7, 11) is 0. The van der Waals surface area contributed by atoms with Gasteiger partial charge in [0.15, 0.2) is 0 Å². The van der Waals surface area contributed by atoms with E-state index in [9.17, 15) is 10.1 Å². The van der Waals surface area contributed by atoms with E-state index in [1.165, 1.54) is 18.6 Å². The fraction of sp³-hybridized carbons (Fsp3) is 0.182. The third kappa shape index (κ3) is 3.12. The van der Waals surface area contributed by atoms with Crippen molar-refractivity contribution in [3.05, 3.63) is 76.9 Å². The Hall–Kier alpha value is -3.94. The maximum atomic E-state index is 10.9. The smallest absolute Gasteiger partial charge is 0.273 e. The molecule has 0 spiro atoms. The summed E-state index contributed by atoms with van der Waals surface area (Å²) in [6, 6.07) is 13.5. The van der Waals surface area contributed by atoms with Gasteiger partial charge in [-0.05, 0) is 43.2 Å². The van der Waals surface area contributed by atoms with Crippen LogP contribution in [-0.4, -0.2) is 19.3 Å². The Morgan fingerprint density at radius 3 is 2.63 bits per heavy atom. The van der Waals surface area contributed by atoms with Gasteiger partial charge in [-0.1, -0.05) is 12.5 Å². The molecule has 2 N–H and O–H groups in total. The van der Waals surface area contributed by atoms with Gasteiger partial charge >= 0.3 is 0 Å². The van der Waals surface area contributed by atoms with Crippen LogP contribution < -0.4 is 10.5 Å². The zero-order valence-corrected chi connectivity index (χ0v) is 16.1. The van der Waals surface area contributed by atoms with Crippen molar-refractivity contribution in [3.63, 3.8) is 0 Å². The average molecular weight is 401 g/mol. The van der Waals surface area contributed by atoms with Gasteiger partial charge in [-0.25, -0.2) is 9.97 Å². The molecule has 0 aliphatic heterocycles. The number of aromatic nitrogens is 3. The highest BCUT2D eigenvalue weighted by Crippen LogP contribution is 2.39. The second-order valence-electron chi connectivity index (χ2n) is 7.36. The van der Waals surface area contributed by atoms with E-state index in [0.717, 1.165) is 35.4 Å². The normalized spacial score (nSPS) is 13.9. The number of hydrogen-bond donors (Lipinski definition) is 1. The maximum Gasteiger partial charge on any atom is 0.273 e. The molecule has 30 heavy (non-hydrogen) atoms. The molecule has 0 amide bonds. The van der Waals surface area contributed by atoms with Gasteiger partial charge in [0.1, 0.15) is 34.4 Å². The van der Waals surface area contributed by atoms with Crippen LogP contribution in [0, 0.1) is 10.1 Å². The van der Waals surface area contributed by atoms with Gasteiger partial charge in [0.05, 0.1) is 11.0 Å². The first-order valence-corrected chi connectivity index (χ1v) is 9.75. The number of ether oxygens (including phenoxy) is 1. The van der Waals surface area contributed by atoms with Crippen LogP contribution in [-0.2, 0) is 0 Å². The lowest BCUT2D eigenvalue weighted by molar-refractivity contribution is -0.384. The van der Waals surface area contributed by atoms with Crippen LogP contribution in [0.25, 0.3) is 16.8 Å². The summed E-state index contributed by atoms with van der Waals surface area (Å²) in [5, 5.41) is 10.9. The topological polar surface area (TPSA) is 109 Å². The molecule has 1 aliphatic carbocycles. The van der Waals surface area contributed by atoms with Crippen molar-refractivity contribution in [3.8, 4) is 22.8 Å². The summed E-state index contributed by atoms with van der Waals surface area (Å²) < 4.78 is 7.82. The van der Waals surface area contributed by atoms with Crippen molar-refractivity contribution in [2.45, 2.75) is 25.2 Å². The minimum atomic E-state index is -0.446. The van der Waals surface area contributed by atoms with Crippen LogP contribution in [0.2, 0.25) is 0 Å². The standard InChI is InChI=1S/C22H19N5O3/c23-21-20-19(25-22(15-3-1-4-15)26(20)12-11-24-21)14-7-9-17(10-8-14)30-18-6-2-5-16(13-18)27(28)29/h2,5-13,15H,1,3-4H2,(H2,23,24). The largest absolute Gasteiger partial charge is 0.457 e. The quantitative estimate of drug-likeness (QED) is 0.374. The second kappa shape index (κ2) is 7.14. The Morgan fingerprint density at radius 2 is 1.93 bits per heavy atom. The summed E-state index contributed by atoms with van der Waals surface area (Å²) in [6.45, 7) is 0. The fourth-order valence-electron chi connectivity index (χ4n) is 3.72. The Morgan fingerprint density at radius 1 is 1.13 bits per heavy atom. The van der Waals surface area contributed by atoms with Crippen molar-refractivity contribution in [2.24, 2.45) is 0 Å². The molecule has 8 nitrogen and oxygen atoms in total. The Kier molecular flexibility index (Phi) is 4.31. The summed E-state index contributed by atoms with van der Waals surface area (Å²) >= 11 is 0. The summed E-state index contributed by atoms with van der Waals surface area (Å²) in [4.78, 5) is 19.7. The number of non-ortho nitro benzene ring substituents is 1. The van der Waals surface area contributed by atoms with Crippen LogP contribution in [0.5, 0.6) is 11.5 Å². The van der Waals surface area contributed by atoms with Crippen molar-refractivity contribution < 1.29 is 9.66 Å². The van der Waals surface area contributed by atoms with Crippen LogP contribution in [0.1, 0.15) is 31.0 Å². The molecule has 5 rings (SSSR count). The lowest BCUT2D eigenvalue weighted by Gasteiger charge is -2.23. The van der Waals surface area contributed by atoms with Crippen molar-refractivity contribution >= 4 is 17.0 Å². The van der Waals surface area contributed by atoms with E-state index in [4.69, 9.17) is 15.5 Å². The molecular weight excluding hydrogens is 382 g/mol. The van der Waals surface area contributed by atoms with E-state index in [-0.39, 0.29) is 5.69 Å². The molecule has 1 saturated carbocycles. The molecule has 150 valence electrons. The first kappa shape index (κ1) is 18.1. The Bertz CT molecular complexity index is 1250. The van der Waals surface area contributed by atoms with Gasteiger partial charge in [-0.15, -0.1) is 0 Å². The maximum absolute atomic E-state index is 10.9. The number of fused-ring (bicyclic) bond motifs is 1. The molecule has 0 unspecified atom stereocenters. The van der Waals surface area contributed by atoms with Gasteiger partial charge in [0.2, 0.25) is 0 Å². The highest BCUT2D eigenvalue weighted by Gasteiger charge is 2.26. The molecule has 0 atom stereocenters. The van der Waals surface area contributed by atoms with E-state index in [2.05, 4.69) is 9.38 Å². The monoisotopic (exact) mass is 401 g/mol.